The van der Waals surface area contributed by atoms with Crippen molar-refractivity contribution in [1.82, 2.24) is 10.3 Å². The van der Waals surface area contributed by atoms with Crippen LogP contribution in [0.15, 0.2) is 24.4 Å². The van der Waals surface area contributed by atoms with Crippen LogP contribution in [0.2, 0.25) is 0 Å². The number of nitrogens with one attached hydrogen (secondary N) is 1. The molecule has 0 radical (unpaired) electrons. The van der Waals surface area contributed by atoms with Gasteiger partial charge in [0.1, 0.15) is 0 Å². The Hall–Kier alpha value is -0.540. The molecule has 2 nitrogen and oxygen atoms in total. The molecule has 1 rings (SSSR count). The van der Waals surface area contributed by atoms with E-state index in [-0.39, 0.29) is 4.75 Å². The van der Waals surface area contributed by atoms with Crippen molar-refractivity contribution >= 4 is 12.6 Å². The number of nitrogens with zero attached hydrogens (tertiary/aromatic N) is 1. The summed E-state index contributed by atoms with van der Waals surface area (Å²) in [7, 11) is 0. The Kier molecular flexibility index (Phi) is 3.75. The van der Waals surface area contributed by atoms with E-state index in [1.807, 2.05) is 24.4 Å². The average molecular weight is 196 g/mol. The fourth-order valence-electron chi connectivity index (χ4n) is 0.999. The van der Waals surface area contributed by atoms with Crippen molar-refractivity contribution < 1.29 is 0 Å². The van der Waals surface area contributed by atoms with E-state index in [4.69, 9.17) is 0 Å². The molecule has 0 aliphatic rings. The molecular formula is C10H16N2S. The highest BCUT2D eigenvalue weighted by Gasteiger charge is 2.09. The molecule has 1 aromatic rings. The number of pyridine rings is 1. The van der Waals surface area contributed by atoms with Crippen molar-refractivity contribution in [3.8, 4) is 0 Å². The Bertz CT molecular complexity index is 241. The van der Waals surface area contributed by atoms with Gasteiger partial charge in [-0.25, -0.2) is 0 Å². The summed E-state index contributed by atoms with van der Waals surface area (Å²) in [6, 6.07) is 5.93. The molecular weight excluding hydrogens is 180 g/mol. The normalized spacial score (nSPS) is 11.6. The molecule has 13 heavy (non-hydrogen) atoms. The zero-order chi connectivity index (χ0) is 9.73. The first-order chi connectivity index (χ1) is 6.08. The highest BCUT2D eigenvalue weighted by molar-refractivity contribution is 7.81. The molecule has 1 heterocycles. The Labute approximate surface area is 85.2 Å². The standard InChI is InChI=1S/C10H16N2S/c1-10(2,13)8-11-7-9-5-3-4-6-12-9/h3-6,11,13H,7-8H2,1-2H3. The predicted molar refractivity (Wildman–Crippen MR) is 59.0 cm³/mol. The number of aromatic nitrogens is 1. The maximum atomic E-state index is 4.42. The van der Waals surface area contributed by atoms with Crippen molar-refractivity contribution in [1.29, 1.82) is 0 Å². The molecule has 1 aromatic heterocycles. The van der Waals surface area contributed by atoms with E-state index >= 15 is 0 Å². The lowest BCUT2D eigenvalue weighted by atomic mass is 10.2. The van der Waals surface area contributed by atoms with Gasteiger partial charge in [0.05, 0.1) is 5.69 Å². The van der Waals surface area contributed by atoms with Crippen LogP contribution >= 0.6 is 12.6 Å². The lowest BCUT2D eigenvalue weighted by Crippen LogP contribution is -2.29. The molecule has 72 valence electrons. The second-order valence-electron chi connectivity index (χ2n) is 3.74. The van der Waals surface area contributed by atoms with Crippen molar-refractivity contribution in [3.63, 3.8) is 0 Å². The third kappa shape index (κ3) is 4.90. The molecule has 0 aliphatic carbocycles. The minimum absolute atomic E-state index is 0.0365. The lowest BCUT2D eigenvalue weighted by molar-refractivity contribution is 0.588. The Morgan fingerprint density at radius 2 is 2.23 bits per heavy atom. The highest BCUT2D eigenvalue weighted by Crippen LogP contribution is 2.09. The summed E-state index contributed by atoms with van der Waals surface area (Å²) in [6.45, 7) is 5.86. The fraction of sp³-hybridized carbons (Fsp3) is 0.500. The van der Waals surface area contributed by atoms with E-state index in [1.165, 1.54) is 0 Å². The molecule has 0 amide bonds. The molecule has 0 aromatic carbocycles. The van der Waals surface area contributed by atoms with E-state index in [1.54, 1.807) is 0 Å². The van der Waals surface area contributed by atoms with Gasteiger partial charge in [-0.05, 0) is 26.0 Å². The quantitative estimate of drug-likeness (QED) is 0.719. The summed E-state index contributed by atoms with van der Waals surface area (Å²) in [5.74, 6) is 0. The summed E-state index contributed by atoms with van der Waals surface area (Å²) in [6.07, 6.45) is 1.81. The Morgan fingerprint density at radius 1 is 1.46 bits per heavy atom. The minimum Gasteiger partial charge on any atom is -0.310 e. The van der Waals surface area contributed by atoms with E-state index in [0.29, 0.717) is 0 Å². The third-order valence-electron chi connectivity index (χ3n) is 1.59. The predicted octanol–water partition coefficient (Wildman–Crippen LogP) is 1.88. The second kappa shape index (κ2) is 4.63. The van der Waals surface area contributed by atoms with E-state index in [9.17, 15) is 0 Å². The van der Waals surface area contributed by atoms with Gasteiger partial charge in [-0.2, -0.15) is 12.6 Å². The van der Waals surface area contributed by atoms with Crippen LogP contribution in [0.25, 0.3) is 0 Å². The summed E-state index contributed by atoms with van der Waals surface area (Å²) >= 11 is 4.42. The molecule has 0 atom stereocenters. The summed E-state index contributed by atoms with van der Waals surface area (Å²) < 4.78 is 0.0365. The molecule has 0 fully saturated rings. The number of hydrogen-bond acceptors (Lipinski definition) is 3. The zero-order valence-electron chi connectivity index (χ0n) is 8.12. The van der Waals surface area contributed by atoms with Crippen LogP contribution in [0.5, 0.6) is 0 Å². The van der Waals surface area contributed by atoms with Gasteiger partial charge in [-0.1, -0.05) is 6.07 Å². The summed E-state index contributed by atoms with van der Waals surface area (Å²) in [5, 5.41) is 3.30. The Morgan fingerprint density at radius 3 is 2.77 bits per heavy atom. The van der Waals surface area contributed by atoms with Crippen LogP contribution in [-0.2, 0) is 6.54 Å². The molecule has 0 bridgehead atoms. The van der Waals surface area contributed by atoms with E-state index < -0.39 is 0 Å². The number of thiol groups is 1. The van der Waals surface area contributed by atoms with Crippen LogP contribution in [0, 0.1) is 0 Å². The third-order valence-corrected chi connectivity index (χ3v) is 1.75. The Balaban J connectivity index is 2.29. The van der Waals surface area contributed by atoms with Crippen LogP contribution in [0.4, 0.5) is 0 Å². The summed E-state index contributed by atoms with van der Waals surface area (Å²) in [4.78, 5) is 4.21. The summed E-state index contributed by atoms with van der Waals surface area (Å²) in [5.41, 5.74) is 1.07. The van der Waals surface area contributed by atoms with E-state index in [0.717, 1.165) is 18.8 Å². The van der Waals surface area contributed by atoms with Gasteiger partial charge in [0.2, 0.25) is 0 Å². The van der Waals surface area contributed by atoms with Crippen molar-refractivity contribution in [2.45, 2.75) is 25.1 Å². The van der Waals surface area contributed by atoms with Gasteiger partial charge in [-0.3, -0.25) is 4.98 Å². The molecule has 1 N–H and O–H groups in total. The molecule has 0 saturated heterocycles. The monoisotopic (exact) mass is 196 g/mol. The van der Waals surface area contributed by atoms with E-state index in [2.05, 4.69) is 36.8 Å². The largest absolute Gasteiger partial charge is 0.310 e. The van der Waals surface area contributed by atoms with Gasteiger partial charge in [0.25, 0.3) is 0 Å². The first-order valence-corrected chi connectivity index (χ1v) is 4.86. The van der Waals surface area contributed by atoms with Crippen LogP contribution < -0.4 is 5.32 Å². The topological polar surface area (TPSA) is 24.9 Å². The van der Waals surface area contributed by atoms with Crippen LogP contribution in [0.1, 0.15) is 19.5 Å². The fourth-order valence-corrected chi connectivity index (χ4v) is 1.11. The molecule has 0 aliphatic heterocycles. The highest BCUT2D eigenvalue weighted by atomic mass is 32.1. The second-order valence-corrected chi connectivity index (χ2v) is 4.95. The van der Waals surface area contributed by atoms with Crippen molar-refractivity contribution in [3.05, 3.63) is 30.1 Å². The first kappa shape index (κ1) is 10.5. The maximum absolute atomic E-state index is 4.42. The molecule has 0 saturated carbocycles. The number of rotatable bonds is 4. The van der Waals surface area contributed by atoms with Crippen LogP contribution in [-0.4, -0.2) is 16.3 Å². The van der Waals surface area contributed by atoms with Crippen molar-refractivity contribution in [2.75, 3.05) is 6.54 Å². The molecule has 3 heteroatoms. The smallest absolute Gasteiger partial charge is 0.0541 e. The van der Waals surface area contributed by atoms with Crippen molar-refractivity contribution in [2.24, 2.45) is 0 Å². The SMILES string of the molecule is CC(C)(S)CNCc1ccccn1. The average Bonchev–Trinajstić information content (AvgIpc) is 2.04. The molecule has 0 spiro atoms. The first-order valence-electron chi connectivity index (χ1n) is 4.41. The maximum Gasteiger partial charge on any atom is 0.0541 e. The van der Waals surface area contributed by atoms with Gasteiger partial charge in [0.15, 0.2) is 0 Å². The minimum atomic E-state index is 0.0365. The number of hydrogen-bond donors (Lipinski definition) is 2. The zero-order valence-corrected chi connectivity index (χ0v) is 9.01. The molecule has 0 unspecified atom stereocenters. The van der Waals surface area contributed by atoms with Gasteiger partial charge in [-0.15, -0.1) is 0 Å². The van der Waals surface area contributed by atoms with Crippen LogP contribution in [0.3, 0.4) is 0 Å². The van der Waals surface area contributed by atoms with Gasteiger partial charge in [0, 0.05) is 24.0 Å². The van der Waals surface area contributed by atoms with Gasteiger partial charge >= 0.3 is 0 Å². The van der Waals surface area contributed by atoms with Gasteiger partial charge < -0.3 is 5.32 Å². The lowest BCUT2D eigenvalue weighted by Gasteiger charge is -2.17.